The van der Waals surface area contributed by atoms with E-state index in [-0.39, 0.29) is 5.84 Å². The van der Waals surface area contributed by atoms with E-state index in [1.165, 1.54) is 32.6 Å². The van der Waals surface area contributed by atoms with Crippen molar-refractivity contribution in [2.24, 2.45) is 4.99 Å². The maximum atomic E-state index is 8.51. The molecule has 0 amide bonds. The Labute approximate surface area is 265 Å². The van der Waals surface area contributed by atoms with E-state index >= 15 is 0 Å². The number of fused-ring (bicyclic) bond motifs is 7. The van der Waals surface area contributed by atoms with Crippen LogP contribution in [0.25, 0.3) is 65.8 Å². The Morgan fingerprint density at radius 2 is 1.02 bits per heavy atom. The Bertz CT molecular complexity index is 2640. The molecule has 0 saturated carbocycles. The van der Waals surface area contributed by atoms with Gasteiger partial charge in [0.1, 0.15) is 0 Å². The van der Waals surface area contributed by atoms with Crippen LogP contribution in [0.15, 0.2) is 163 Å². The molecule has 9 rings (SSSR count). The van der Waals surface area contributed by atoms with Crippen molar-refractivity contribution in [1.82, 2.24) is 9.13 Å². The van der Waals surface area contributed by atoms with Crippen LogP contribution in [0.5, 0.6) is 0 Å². The van der Waals surface area contributed by atoms with Crippen molar-refractivity contribution in [2.75, 3.05) is 0 Å². The number of aromatic nitrogens is 2. The third-order valence-corrected chi connectivity index (χ3v) is 9.03. The van der Waals surface area contributed by atoms with Crippen molar-refractivity contribution in [3.8, 4) is 11.4 Å². The molecule has 4 nitrogen and oxygen atoms in total. The van der Waals surface area contributed by atoms with Crippen LogP contribution in [-0.2, 0) is 0 Å². The maximum Gasteiger partial charge on any atom is 0.151 e. The number of nitrogens with one attached hydrogen (secondary N) is 1. The Balaban J connectivity index is 1.31. The highest BCUT2D eigenvalue weighted by molar-refractivity contribution is 6.20. The number of aliphatic imine (C=N–C) groups is 1. The van der Waals surface area contributed by atoms with Gasteiger partial charge in [-0.25, -0.2) is 4.99 Å². The highest BCUT2D eigenvalue weighted by Crippen LogP contribution is 2.40. The molecule has 7 aromatic carbocycles. The summed E-state index contributed by atoms with van der Waals surface area (Å²) in [5.74, 6) is 0.244. The Morgan fingerprint density at radius 3 is 1.76 bits per heavy atom. The summed E-state index contributed by atoms with van der Waals surface area (Å²) in [6, 6.07) is 55.2. The van der Waals surface area contributed by atoms with Crippen molar-refractivity contribution < 1.29 is 0 Å². The predicted molar refractivity (Wildman–Crippen MR) is 193 cm³/mol. The fourth-order valence-corrected chi connectivity index (χ4v) is 6.98. The van der Waals surface area contributed by atoms with Crippen LogP contribution in [-0.4, -0.2) is 21.2 Å². The molecule has 216 valence electrons. The first-order valence-corrected chi connectivity index (χ1v) is 15.5. The van der Waals surface area contributed by atoms with E-state index in [0.29, 0.717) is 0 Å². The lowest BCUT2D eigenvalue weighted by atomic mass is 10.0. The molecule has 0 unspecified atom stereocenters. The van der Waals surface area contributed by atoms with E-state index in [1.54, 1.807) is 0 Å². The largest absolute Gasteiger partial charge is 0.309 e. The molecular formula is C42H28N4. The van der Waals surface area contributed by atoms with Gasteiger partial charge in [-0.3, -0.25) is 5.41 Å². The first-order chi connectivity index (χ1) is 22.8. The summed E-state index contributed by atoms with van der Waals surface area (Å²) in [6.07, 6.45) is 1.81. The predicted octanol–water partition coefficient (Wildman–Crippen LogP) is 10.5. The van der Waals surface area contributed by atoms with Crippen LogP contribution in [0.4, 0.5) is 0 Å². The second-order valence-corrected chi connectivity index (χ2v) is 11.6. The maximum absolute atomic E-state index is 8.51. The van der Waals surface area contributed by atoms with E-state index in [4.69, 9.17) is 5.41 Å². The number of hydrogen-bond acceptors (Lipinski definition) is 1. The number of amidine groups is 1. The van der Waals surface area contributed by atoms with Gasteiger partial charge in [-0.2, -0.15) is 0 Å². The highest BCUT2D eigenvalue weighted by atomic mass is 15.0. The molecular weight excluding hydrogens is 560 g/mol. The molecule has 0 aliphatic rings. The number of hydrogen-bond donors (Lipinski definition) is 1. The fourth-order valence-electron chi connectivity index (χ4n) is 6.98. The number of nitrogens with zero attached hydrogens (tertiary/aromatic N) is 3. The topological polar surface area (TPSA) is 46.1 Å². The molecule has 0 fully saturated rings. The van der Waals surface area contributed by atoms with Gasteiger partial charge < -0.3 is 9.13 Å². The van der Waals surface area contributed by atoms with Gasteiger partial charge >= 0.3 is 0 Å². The van der Waals surface area contributed by atoms with Crippen molar-refractivity contribution >= 4 is 66.4 Å². The summed E-state index contributed by atoms with van der Waals surface area (Å²) in [7, 11) is 0. The van der Waals surface area contributed by atoms with Crippen LogP contribution in [0.1, 0.15) is 11.1 Å². The first kappa shape index (κ1) is 26.2. The zero-order valence-corrected chi connectivity index (χ0v) is 24.9. The van der Waals surface area contributed by atoms with Crippen LogP contribution < -0.4 is 0 Å². The van der Waals surface area contributed by atoms with Gasteiger partial charge in [-0.05, 0) is 47.9 Å². The second-order valence-electron chi connectivity index (χ2n) is 11.6. The summed E-state index contributed by atoms with van der Waals surface area (Å²) in [6.45, 7) is 0. The van der Waals surface area contributed by atoms with Crippen LogP contribution in [0.2, 0.25) is 0 Å². The van der Waals surface area contributed by atoms with Gasteiger partial charge in [0.05, 0.1) is 27.8 Å². The molecule has 0 aliphatic heterocycles. The monoisotopic (exact) mass is 588 g/mol. The minimum absolute atomic E-state index is 0.244. The number of benzene rings is 7. The van der Waals surface area contributed by atoms with Crippen molar-refractivity contribution in [1.29, 1.82) is 5.41 Å². The van der Waals surface area contributed by atoms with Gasteiger partial charge in [0.15, 0.2) is 5.84 Å². The molecule has 0 saturated heterocycles. The molecule has 2 heterocycles. The minimum Gasteiger partial charge on any atom is -0.309 e. The second kappa shape index (κ2) is 10.4. The summed E-state index contributed by atoms with van der Waals surface area (Å²) < 4.78 is 4.79. The molecule has 0 aliphatic carbocycles. The van der Waals surface area contributed by atoms with Crippen LogP contribution in [0, 0.1) is 5.41 Å². The standard InChI is InChI=1S/C42H28N4/c43-42(28-13-3-1-4-14-28)44-27-29-15-11-21-32-31(29)20-12-24-39(32)46-38-23-10-8-19-34(38)36-25-35-33-18-7-9-22-37(33)45(40(35)26-41(36)46)30-16-5-2-6-17-30/h1-27,43H/b43-42?,44-27+. The fraction of sp³-hybridized carbons (Fsp3) is 0. The lowest BCUT2D eigenvalue weighted by Gasteiger charge is -2.13. The average molecular weight is 589 g/mol. The van der Waals surface area contributed by atoms with Gasteiger partial charge in [0, 0.05) is 50.0 Å². The van der Waals surface area contributed by atoms with Gasteiger partial charge in [0.2, 0.25) is 0 Å². The first-order valence-electron chi connectivity index (χ1n) is 15.5. The molecule has 2 aromatic heterocycles. The average Bonchev–Trinajstić information content (AvgIpc) is 3.62. The Kier molecular flexibility index (Phi) is 5.93. The van der Waals surface area contributed by atoms with Gasteiger partial charge in [-0.15, -0.1) is 0 Å². The van der Waals surface area contributed by atoms with Gasteiger partial charge in [0.25, 0.3) is 0 Å². The summed E-state index contributed by atoms with van der Waals surface area (Å²) in [5, 5.41) is 15.7. The molecule has 0 radical (unpaired) electrons. The van der Waals surface area contributed by atoms with E-state index < -0.39 is 0 Å². The van der Waals surface area contributed by atoms with Crippen LogP contribution >= 0.6 is 0 Å². The minimum atomic E-state index is 0.244. The molecule has 0 bridgehead atoms. The zero-order chi connectivity index (χ0) is 30.6. The Morgan fingerprint density at radius 1 is 0.457 bits per heavy atom. The van der Waals surface area contributed by atoms with Crippen molar-refractivity contribution in [2.45, 2.75) is 0 Å². The molecule has 9 aromatic rings. The van der Waals surface area contributed by atoms with Gasteiger partial charge in [-0.1, -0.05) is 115 Å². The molecule has 0 atom stereocenters. The number of para-hydroxylation sites is 3. The smallest absolute Gasteiger partial charge is 0.151 e. The third kappa shape index (κ3) is 4.01. The van der Waals surface area contributed by atoms with E-state index in [0.717, 1.165) is 44.3 Å². The SMILES string of the molecule is N=C(/N=C/c1cccc2c(-n3c4ccccc4c4cc5c6ccccc6n(-c6ccccc6)c5cc43)cccc12)c1ccccc1. The van der Waals surface area contributed by atoms with E-state index in [2.05, 4.69) is 142 Å². The Hall–Kier alpha value is -6.26. The normalized spacial score (nSPS) is 11.9. The summed E-state index contributed by atoms with van der Waals surface area (Å²) in [5.41, 5.74) is 8.73. The molecule has 46 heavy (non-hydrogen) atoms. The van der Waals surface area contributed by atoms with Crippen molar-refractivity contribution in [3.63, 3.8) is 0 Å². The van der Waals surface area contributed by atoms with Crippen LogP contribution in [0.3, 0.4) is 0 Å². The highest BCUT2D eigenvalue weighted by Gasteiger charge is 2.19. The molecule has 4 heteroatoms. The lowest BCUT2D eigenvalue weighted by Crippen LogP contribution is -1.98. The summed E-state index contributed by atoms with van der Waals surface area (Å²) in [4.78, 5) is 4.55. The molecule has 1 N–H and O–H groups in total. The quantitative estimate of drug-likeness (QED) is 0.157. The van der Waals surface area contributed by atoms with E-state index in [1.807, 2.05) is 36.5 Å². The zero-order valence-electron chi connectivity index (χ0n) is 24.9. The summed E-state index contributed by atoms with van der Waals surface area (Å²) >= 11 is 0. The third-order valence-electron chi connectivity index (χ3n) is 9.03. The van der Waals surface area contributed by atoms with E-state index in [9.17, 15) is 0 Å². The van der Waals surface area contributed by atoms with Crippen molar-refractivity contribution in [3.05, 3.63) is 169 Å². The lowest BCUT2D eigenvalue weighted by molar-refractivity contribution is 1.17. The number of rotatable bonds is 4. The molecule has 0 spiro atoms.